The van der Waals surface area contributed by atoms with Crippen molar-refractivity contribution in [3.63, 3.8) is 0 Å². The SMILES string of the molecule is COc1ccc(NC(=O)C2CCc3ncsc3C2)cc1. The number of methoxy groups -OCH3 is 1. The Balaban J connectivity index is 1.65. The molecule has 0 fully saturated rings. The standard InChI is InChI=1S/C15H16N2O2S/c1-19-12-5-3-11(4-6-12)17-15(18)10-2-7-13-14(8-10)20-9-16-13/h3-6,9-10H,2,7-8H2,1H3,(H,17,18). The van der Waals surface area contributed by atoms with Gasteiger partial charge in [0.05, 0.1) is 18.3 Å². The van der Waals surface area contributed by atoms with Crippen LogP contribution in [0.2, 0.25) is 0 Å². The molecular formula is C15H16N2O2S. The third-order valence-electron chi connectivity index (χ3n) is 3.62. The summed E-state index contributed by atoms with van der Waals surface area (Å²) >= 11 is 1.65. The Bertz CT molecular complexity index is 607. The molecule has 1 amide bonds. The van der Waals surface area contributed by atoms with Crippen LogP contribution in [0.15, 0.2) is 29.8 Å². The van der Waals surface area contributed by atoms with Crippen molar-refractivity contribution in [1.29, 1.82) is 0 Å². The van der Waals surface area contributed by atoms with Crippen molar-refractivity contribution in [2.24, 2.45) is 5.92 Å². The van der Waals surface area contributed by atoms with Crippen LogP contribution in [0.3, 0.4) is 0 Å². The maximum absolute atomic E-state index is 12.3. The topological polar surface area (TPSA) is 51.2 Å². The Morgan fingerprint density at radius 3 is 2.95 bits per heavy atom. The molecule has 5 heteroatoms. The second-order valence-corrected chi connectivity index (χ2v) is 5.82. The fourth-order valence-electron chi connectivity index (χ4n) is 2.44. The highest BCUT2D eigenvalue weighted by Gasteiger charge is 2.26. The summed E-state index contributed by atoms with van der Waals surface area (Å²) in [6.45, 7) is 0. The molecule has 1 unspecified atom stereocenters. The van der Waals surface area contributed by atoms with Gasteiger partial charge in [-0.05, 0) is 43.5 Å². The number of rotatable bonds is 3. The molecule has 20 heavy (non-hydrogen) atoms. The molecule has 0 saturated heterocycles. The number of carbonyl (C=O) groups excluding carboxylic acids is 1. The van der Waals surface area contributed by atoms with E-state index in [1.54, 1.807) is 18.4 Å². The molecule has 104 valence electrons. The number of fused-ring (bicyclic) bond motifs is 1. The second-order valence-electron chi connectivity index (χ2n) is 4.88. The van der Waals surface area contributed by atoms with Gasteiger partial charge in [-0.3, -0.25) is 4.79 Å². The van der Waals surface area contributed by atoms with Crippen LogP contribution in [-0.2, 0) is 17.6 Å². The van der Waals surface area contributed by atoms with Gasteiger partial charge < -0.3 is 10.1 Å². The van der Waals surface area contributed by atoms with E-state index in [9.17, 15) is 4.79 Å². The zero-order valence-electron chi connectivity index (χ0n) is 11.3. The van der Waals surface area contributed by atoms with Crippen molar-refractivity contribution in [2.75, 3.05) is 12.4 Å². The zero-order chi connectivity index (χ0) is 13.9. The summed E-state index contributed by atoms with van der Waals surface area (Å²) in [6.07, 6.45) is 2.58. The van der Waals surface area contributed by atoms with E-state index in [4.69, 9.17) is 4.74 Å². The monoisotopic (exact) mass is 288 g/mol. The summed E-state index contributed by atoms with van der Waals surface area (Å²) < 4.78 is 5.10. The van der Waals surface area contributed by atoms with Crippen LogP contribution in [0.1, 0.15) is 17.0 Å². The van der Waals surface area contributed by atoms with Gasteiger partial charge in [-0.25, -0.2) is 4.98 Å². The zero-order valence-corrected chi connectivity index (χ0v) is 12.1. The van der Waals surface area contributed by atoms with Gasteiger partial charge in [-0.2, -0.15) is 0 Å². The molecule has 2 aromatic rings. The van der Waals surface area contributed by atoms with Crippen LogP contribution >= 0.6 is 11.3 Å². The Morgan fingerprint density at radius 2 is 2.20 bits per heavy atom. The first-order valence-electron chi connectivity index (χ1n) is 6.62. The highest BCUT2D eigenvalue weighted by atomic mass is 32.1. The molecule has 0 aliphatic heterocycles. The van der Waals surface area contributed by atoms with Gasteiger partial charge in [-0.1, -0.05) is 0 Å². The molecule has 3 rings (SSSR count). The van der Waals surface area contributed by atoms with Crippen LogP contribution in [0, 0.1) is 5.92 Å². The molecule has 1 aliphatic rings. The van der Waals surface area contributed by atoms with E-state index < -0.39 is 0 Å². The van der Waals surface area contributed by atoms with Crippen LogP contribution in [0.5, 0.6) is 5.75 Å². The van der Waals surface area contributed by atoms with Crippen molar-refractivity contribution in [1.82, 2.24) is 4.98 Å². The summed E-state index contributed by atoms with van der Waals surface area (Å²) in [5.41, 5.74) is 3.85. The molecule has 1 N–H and O–H groups in total. The lowest BCUT2D eigenvalue weighted by Gasteiger charge is -2.20. The number of aromatic nitrogens is 1. The third-order valence-corrected chi connectivity index (χ3v) is 4.51. The summed E-state index contributed by atoms with van der Waals surface area (Å²) in [6, 6.07) is 7.41. The lowest BCUT2D eigenvalue weighted by molar-refractivity contribution is -0.120. The number of ether oxygens (including phenoxy) is 1. The van der Waals surface area contributed by atoms with Gasteiger partial charge in [0, 0.05) is 16.5 Å². The number of hydrogen-bond donors (Lipinski definition) is 1. The number of amides is 1. The number of nitrogens with zero attached hydrogens (tertiary/aromatic N) is 1. The predicted molar refractivity (Wildman–Crippen MR) is 79.3 cm³/mol. The minimum Gasteiger partial charge on any atom is -0.497 e. The normalized spacial score (nSPS) is 17.4. The van der Waals surface area contributed by atoms with E-state index in [1.807, 2.05) is 29.8 Å². The quantitative estimate of drug-likeness (QED) is 0.945. The van der Waals surface area contributed by atoms with Gasteiger partial charge in [-0.15, -0.1) is 11.3 Å². The van der Waals surface area contributed by atoms with Gasteiger partial charge >= 0.3 is 0 Å². The Hall–Kier alpha value is -1.88. The summed E-state index contributed by atoms with van der Waals surface area (Å²) in [7, 11) is 1.63. The Kier molecular flexibility index (Phi) is 3.69. The van der Waals surface area contributed by atoms with Gasteiger partial charge in [0.1, 0.15) is 5.75 Å². The maximum atomic E-state index is 12.3. The minimum atomic E-state index is 0.0463. The van der Waals surface area contributed by atoms with E-state index in [2.05, 4.69) is 10.3 Å². The number of thiazole rings is 1. The first kappa shape index (κ1) is 13.1. The van der Waals surface area contributed by atoms with E-state index in [-0.39, 0.29) is 11.8 Å². The Labute approximate surface area is 121 Å². The Morgan fingerprint density at radius 1 is 1.40 bits per heavy atom. The summed E-state index contributed by atoms with van der Waals surface area (Å²) in [5, 5.41) is 2.98. The predicted octanol–water partition coefficient (Wildman–Crippen LogP) is 2.90. The molecule has 1 aromatic heterocycles. The molecule has 0 bridgehead atoms. The lowest BCUT2D eigenvalue weighted by Crippen LogP contribution is -2.27. The third kappa shape index (κ3) is 2.67. The first-order chi connectivity index (χ1) is 9.76. The van der Waals surface area contributed by atoms with Crippen LogP contribution in [0.4, 0.5) is 5.69 Å². The molecule has 0 saturated carbocycles. The first-order valence-corrected chi connectivity index (χ1v) is 7.50. The lowest BCUT2D eigenvalue weighted by atomic mass is 9.90. The summed E-state index contributed by atoms with van der Waals surface area (Å²) in [5.74, 6) is 0.925. The average Bonchev–Trinajstić information content (AvgIpc) is 2.95. The molecule has 1 heterocycles. The number of aryl methyl sites for hydroxylation is 1. The largest absolute Gasteiger partial charge is 0.497 e. The smallest absolute Gasteiger partial charge is 0.227 e. The molecule has 1 aromatic carbocycles. The highest BCUT2D eigenvalue weighted by molar-refractivity contribution is 7.09. The molecular weight excluding hydrogens is 272 g/mol. The number of anilines is 1. The number of carbonyl (C=O) groups is 1. The van der Waals surface area contributed by atoms with Crippen molar-refractivity contribution in [2.45, 2.75) is 19.3 Å². The van der Waals surface area contributed by atoms with E-state index >= 15 is 0 Å². The van der Waals surface area contributed by atoms with E-state index in [0.29, 0.717) is 0 Å². The van der Waals surface area contributed by atoms with Crippen molar-refractivity contribution < 1.29 is 9.53 Å². The average molecular weight is 288 g/mol. The molecule has 4 nitrogen and oxygen atoms in total. The van der Waals surface area contributed by atoms with Gasteiger partial charge in [0.15, 0.2) is 0 Å². The molecule has 0 radical (unpaired) electrons. The van der Waals surface area contributed by atoms with Crippen molar-refractivity contribution in [3.8, 4) is 5.75 Å². The molecule has 1 aliphatic carbocycles. The second kappa shape index (κ2) is 5.63. The van der Waals surface area contributed by atoms with Gasteiger partial charge in [0.2, 0.25) is 5.91 Å². The fourth-order valence-corrected chi connectivity index (χ4v) is 3.34. The maximum Gasteiger partial charge on any atom is 0.227 e. The van der Waals surface area contributed by atoms with Crippen molar-refractivity contribution in [3.05, 3.63) is 40.3 Å². The summed E-state index contributed by atoms with van der Waals surface area (Å²) in [4.78, 5) is 17.9. The minimum absolute atomic E-state index is 0.0463. The highest BCUT2D eigenvalue weighted by Crippen LogP contribution is 2.28. The number of nitrogens with one attached hydrogen (secondary N) is 1. The van der Waals surface area contributed by atoms with Crippen LogP contribution in [-0.4, -0.2) is 18.0 Å². The van der Waals surface area contributed by atoms with Gasteiger partial charge in [0.25, 0.3) is 0 Å². The number of benzene rings is 1. The fraction of sp³-hybridized carbons (Fsp3) is 0.333. The molecule has 1 atom stereocenters. The van der Waals surface area contributed by atoms with E-state index in [0.717, 1.165) is 30.7 Å². The van der Waals surface area contributed by atoms with Crippen LogP contribution in [0.25, 0.3) is 0 Å². The van der Waals surface area contributed by atoms with E-state index in [1.165, 1.54) is 10.6 Å². The van der Waals surface area contributed by atoms with Crippen LogP contribution < -0.4 is 10.1 Å². The van der Waals surface area contributed by atoms with Crippen molar-refractivity contribution >= 4 is 22.9 Å². The molecule has 0 spiro atoms. The number of hydrogen-bond acceptors (Lipinski definition) is 4.